The van der Waals surface area contributed by atoms with Crippen LogP contribution in [-0.2, 0) is 28.8 Å². The monoisotopic (exact) mass is 429 g/mol. The number of hydrogen-bond donors (Lipinski definition) is 1. The van der Waals surface area contributed by atoms with E-state index < -0.39 is 5.97 Å². The summed E-state index contributed by atoms with van der Waals surface area (Å²) in [5, 5.41) is 3.02. The van der Waals surface area contributed by atoms with Crippen molar-refractivity contribution in [3.8, 4) is 16.9 Å². The molecule has 1 N–H and O–H groups in total. The van der Waals surface area contributed by atoms with Crippen LogP contribution in [0.3, 0.4) is 0 Å². The molecule has 0 aliphatic heterocycles. The fraction of sp³-hybridized carbons (Fsp3) is 0.259. The lowest BCUT2D eigenvalue weighted by molar-refractivity contribution is -0.120. The largest absolute Gasteiger partial charge is 0.496 e. The number of ether oxygens (including phenoxy) is 2. The first-order chi connectivity index (χ1) is 15.6. The molecule has 32 heavy (non-hydrogen) atoms. The standard InChI is InChI=1S/C27H27NO4/c1-3-32-27(30)23-12-11-18(15-25(23)31-2)13-14-28-26(29)17-20-8-6-10-22-21-9-5-4-7-19(21)16-24(20)22/h4-12,15H,3,13-14,16-17H2,1-2H3,(H,28,29). The molecule has 164 valence electrons. The molecule has 1 aliphatic carbocycles. The van der Waals surface area contributed by atoms with E-state index in [1.165, 1.54) is 29.4 Å². The van der Waals surface area contributed by atoms with E-state index in [1.807, 2.05) is 24.3 Å². The fourth-order valence-electron chi connectivity index (χ4n) is 4.24. The Kier molecular flexibility index (Phi) is 6.55. The van der Waals surface area contributed by atoms with Gasteiger partial charge >= 0.3 is 5.97 Å². The molecule has 1 aliphatic rings. The van der Waals surface area contributed by atoms with E-state index in [2.05, 4.69) is 35.6 Å². The van der Waals surface area contributed by atoms with Gasteiger partial charge in [-0.1, -0.05) is 48.5 Å². The number of hydrogen-bond acceptors (Lipinski definition) is 4. The van der Waals surface area contributed by atoms with Crippen LogP contribution < -0.4 is 10.1 Å². The van der Waals surface area contributed by atoms with Gasteiger partial charge in [0, 0.05) is 6.54 Å². The average Bonchev–Trinajstić information content (AvgIpc) is 3.19. The molecule has 0 spiro atoms. The van der Waals surface area contributed by atoms with Gasteiger partial charge in [-0.2, -0.15) is 0 Å². The zero-order valence-corrected chi connectivity index (χ0v) is 18.4. The van der Waals surface area contributed by atoms with Crippen LogP contribution in [0.1, 0.15) is 39.5 Å². The summed E-state index contributed by atoms with van der Waals surface area (Å²) in [7, 11) is 1.53. The first kappa shape index (κ1) is 21.6. The number of carbonyl (C=O) groups excluding carboxylic acids is 2. The molecule has 0 aromatic heterocycles. The summed E-state index contributed by atoms with van der Waals surface area (Å²) in [5.41, 5.74) is 7.53. The molecule has 3 aromatic rings. The molecule has 4 rings (SSSR count). The van der Waals surface area contributed by atoms with Crippen LogP contribution >= 0.6 is 0 Å². The SMILES string of the molecule is CCOC(=O)c1ccc(CCNC(=O)Cc2cccc3c2Cc2ccccc2-3)cc1OC. The molecule has 0 heterocycles. The van der Waals surface area contributed by atoms with E-state index in [1.54, 1.807) is 13.0 Å². The predicted molar refractivity (Wildman–Crippen MR) is 124 cm³/mol. The van der Waals surface area contributed by atoms with E-state index in [-0.39, 0.29) is 5.91 Å². The molecule has 0 saturated heterocycles. The molecule has 0 unspecified atom stereocenters. The number of rotatable bonds is 8. The van der Waals surface area contributed by atoms with Gasteiger partial charge in [0.15, 0.2) is 0 Å². The second-order valence-electron chi connectivity index (χ2n) is 7.81. The highest BCUT2D eigenvalue weighted by atomic mass is 16.5. The summed E-state index contributed by atoms with van der Waals surface area (Å²) >= 11 is 0. The van der Waals surface area contributed by atoms with Crippen LogP contribution in [0.5, 0.6) is 5.75 Å². The first-order valence-electron chi connectivity index (χ1n) is 10.9. The number of amides is 1. The second kappa shape index (κ2) is 9.69. The average molecular weight is 430 g/mol. The number of fused-ring (bicyclic) bond motifs is 3. The highest BCUT2D eigenvalue weighted by Crippen LogP contribution is 2.38. The van der Waals surface area contributed by atoms with Crippen molar-refractivity contribution in [3.05, 3.63) is 88.5 Å². The van der Waals surface area contributed by atoms with Crippen molar-refractivity contribution in [3.63, 3.8) is 0 Å². The quantitative estimate of drug-likeness (QED) is 0.423. The topological polar surface area (TPSA) is 64.6 Å². The summed E-state index contributed by atoms with van der Waals surface area (Å²) in [4.78, 5) is 24.6. The van der Waals surface area contributed by atoms with E-state index >= 15 is 0 Å². The summed E-state index contributed by atoms with van der Waals surface area (Å²) in [6.45, 7) is 2.59. The van der Waals surface area contributed by atoms with Crippen LogP contribution in [0.2, 0.25) is 0 Å². The predicted octanol–water partition coefficient (Wildman–Crippen LogP) is 4.34. The van der Waals surface area contributed by atoms with Gasteiger partial charge in [-0.05, 0) is 65.3 Å². The lowest BCUT2D eigenvalue weighted by Gasteiger charge is -2.11. The van der Waals surface area contributed by atoms with Gasteiger partial charge in [-0.3, -0.25) is 4.79 Å². The second-order valence-corrected chi connectivity index (χ2v) is 7.81. The Balaban J connectivity index is 1.35. The van der Waals surface area contributed by atoms with Gasteiger partial charge in [0.25, 0.3) is 0 Å². The van der Waals surface area contributed by atoms with E-state index in [0.717, 1.165) is 17.5 Å². The summed E-state index contributed by atoms with van der Waals surface area (Å²) in [5.74, 6) is 0.0814. The van der Waals surface area contributed by atoms with Crippen LogP contribution in [0, 0.1) is 0 Å². The van der Waals surface area contributed by atoms with Crippen LogP contribution in [-0.4, -0.2) is 32.1 Å². The zero-order valence-electron chi connectivity index (χ0n) is 18.4. The molecular weight excluding hydrogens is 402 g/mol. The van der Waals surface area contributed by atoms with E-state index in [9.17, 15) is 9.59 Å². The third kappa shape index (κ3) is 4.52. The minimum Gasteiger partial charge on any atom is -0.496 e. The van der Waals surface area contributed by atoms with Crippen molar-refractivity contribution < 1.29 is 19.1 Å². The maximum atomic E-state index is 12.6. The fourth-order valence-corrected chi connectivity index (χ4v) is 4.24. The number of esters is 1. The molecule has 3 aromatic carbocycles. The Labute approximate surface area is 188 Å². The molecule has 5 heteroatoms. The number of carbonyl (C=O) groups is 2. The van der Waals surface area contributed by atoms with Crippen molar-refractivity contribution in [2.45, 2.75) is 26.2 Å². The summed E-state index contributed by atoms with van der Waals surface area (Å²) in [6, 6.07) is 20.0. The lowest BCUT2D eigenvalue weighted by Crippen LogP contribution is -2.27. The van der Waals surface area contributed by atoms with E-state index in [0.29, 0.717) is 37.3 Å². The van der Waals surface area contributed by atoms with Crippen molar-refractivity contribution in [2.24, 2.45) is 0 Å². The van der Waals surface area contributed by atoms with Crippen molar-refractivity contribution in [1.29, 1.82) is 0 Å². The van der Waals surface area contributed by atoms with Gasteiger partial charge < -0.3 is 14.8 Å². The number of methoxy groups -OCH3 is 1. The summed E-state index contributed by atoms with van der Waals surface area (Å²) < 4.78 is 10.4. The molecule has 0 radical (unpaired) electrons. The number of benzene rings is 3. The van der Waals surface area contributed by atoms with Gasteiger partial charge in [-0.25, -0.2) is 4.79 Å². The van der Waals surface area contributed by atoms with Gasteiger partial charge in [0.2, 0.25) is 5.91 Å². The molecule has 0 saturated carbocycles. The number of nitrogens with one attached hydrogen (secondary N) is 1. The van der Waals surface area contributed by atoms with Gasteiger partial charge in [0.05, 0.1) is 20.1 Å². The zero-order chi connectivity index (χ0) is 22.5. The van der Waals surface area contributed by atoms with Crippen LogP contribution in [0.15, 0.2) is 60.7 Å². The third-order valence-corrected chi connectivity index (χ3v) is 5.80. The van der Waals surface area contributed by atoms with Crippen molar-refractivity contribution >= 4 is 11.9 Å². The highest BCUT2D eigenvalue weighted by molar-refractivity contribution is 5.92. The van der Waals surface area contributed by atoms with Gasteiger partial charge in [0.1, 0.15) is 11.3 Å². The first-order valence-corrected chi connectivity index (χ1v) is 10.9. The molecular formula is C27H27NO4. The van der Waals surface area contributed by atoms with Crippen LogP contribution in [0.4, 0.5) is 0 Å². The third-order valence-electron chi connectivity index (χ3n) is 5.80. The molecule has 5 nitrogen and oxygen atoms in total. The van der Waals surface area contributed by atoms with Crippen molar-refractivity contribution in [1.82, 2.24) is 5.32 Å². The summed E-state index contributed by atoms with van der Waals surface area (Å²) in [6.07, 6.45) is 1.88. The molecule has 0 atom stereocenters. The van der Waals surface area contributed by atoms with Crippen LogP contribution in [0.25, 0.3) is 11.1 Å². The Morgan fingerprint density at radius 2 is 1.81 bits per heavy atom. The van der Waals surface area contributed by atoms with Crippen molar-refractivity contribution in [2.75, 3.05) is 20.3 Å². The highest BCUT2D eigenvalue weighted by Gasteiger charge is 2.21. The molecule has 0 bridgehead atoms. The Morgan fingerprint density at radius 1 is 1.00 bits per heavy atom. The Morgan fingerprint density at radius 3 is 2.62 bits per heavy atom. The lowest BCUT2D eigenvalue weighted by atomic mass is 9.99. The van der Waals surface area contributed by atoms with E-state index in [4.69, 9.17) is 9.47 Å². The smallest absolute Gasteiger partial charge is 0.341 e. The minimum absolute atomic E-state index is 0.00413. The Hall–Kier alpha value is -3.60. The maximum absolute atomic E-state index is 12.6. The normalized spacial score (nSPS) is 11.4. The minimum atomic E-state index is -0.401. The van der Waals surface area contributed by atoms with Gasteiger partial charge in [-0.15, -0.1) is 0 Å². The maximum Gasteiger partial charge on any atom is 0.341 e. The Bertz CT molecular complexity index is 1150. The molecule has 0 fully saturated rings. The molecule has 1 amide bonds.